The molecule has 0 saturated carbocycles. The Labute approximate surface area is 207 Å². The summed E-state index contributed by atoms with van der Waals surface area (Å²) in [7, 11) is 0. The number of Topliss-reactive ketones (excluding diaryl/α,β-unsaturated/α-hetero) is 1. The number of benzene rings is 4. The standard InChI is InChI=1S/C30H21NO3S/c1-18-7-6-8-20(17-18)30(33)34-21-15-13-19(14-16-21)29-26-27(22-9-2-3-10-23(22)28(26)32)31-24-11-4-5-12-25(24)35-29/h2-17,29,31H,1H3/t29-/m1/s1. The van der Waals surface area contributed by atoms with E-state index in [0.717, 1.165) is 44.1 Å². The maximum absolute atomic E-state index is 13.5. The van der Waals surface area contributed by atoms with E-state index in [2.05, 4.69) is 11.4 Å². The Morgan fingerprint density at radius 3 is 2.40 bits per heavy atom. The Morgan fingerprint density at radius 1 is 0.857 bits per heavy atom. The van der Waals surface area contributed by atoms with Gasteiger partial charge in [-0.05, 0) is 48.9 Å². The van der Waals surface area contributed by atoms with Gasteiger partial charge in [-0.3, -0.25) is 4.79 Å². The van der Waals surface area contributed by atoms with E-state index < -0.39 is 5.97 Å². The lowest BCUT2D eigenvalue weighted by molar-refractivity contribution is 0.0734. The summed E-state index contributed by atoms with van der Waals surface area (Å²) in [5.41, 5.74) is 6.73. The molecule has 4 aromatic carbocycles. The zero-order valence-corrected chi connectivity index (χ0v) is 19.8. The fraction of sp³-hybridized carbons (Fsp3) is 0.0667. The SMILES string of the molecule is Cc1cccc(C(=O)Oc2ccc([C@H]3Sc4ccccc4NC4=C3C(=O)c3ccccc34)cc2)c1. The number of carbonyl (C=O) groups is 2. The monoisotopic (exact) mass is 475 g/mol. The molecule has 1 aliphatic heterocycles. The minimum Gasteiger partial charge on any atom is -0.423 e. The summed E-state index contributed by atoms with van der Waals surface area (Å²) in [5, 5.41) is 3.33. The van der Waals surface area contributed by atoms with Crippen LogP contribution in [0.25, 0.3) is 5.70 Å². The van der Waals surface area contributed by atoms with Crippen LogP contribution in [0.5, 0.6) is 5.75 Å². The minimum atomic E-state index is -0.394. The Bertz CT molecular complexity index is 1520. The molecule has 5 heteroatoms. The predicted molar refractivity (Wildman–Crippen MR) is 139 cm³/mol. The third-order valence-corrected chi connectivity index (χ3v) is 7.61. The topological polar surface area (TPSA) is 55.4 Å². The summed E-state index contributed by atoms with van der Waals surface area (Å²) in [5.74, 6) is 0.117. The molecule has 2 aliphatic rings. The smallest absolute Gasteiger partial charge is 0.343 e. The molecule has 0 amide bonds. The first kappa shape index (κ1) is 21.4. The first-order valence-electron chi connectivity index (χ1n) is 11.4. The van der Waals surface area contributed by atoms with Gasteiger partial charge in [0.25, 0.3) is 0 Å². The lowest BCUT2D eigenvalue weighted by Gasteiger charge is -2.17. The fourth-order valence-electron chi connectivity index (χ4n) is 4.56. The zero-order valence-electron chi connectivity index (χ0n) is 18.9. The Morgan fingerprint density at radius 2 is 1.60 bits per heavy atom. The second-order valence-corrected chi connectivity index (χ2v) is 9.76. The van der Waals surface area contributed by atoms with Crippen molar-refractivity contribution in [3.8, 4) is 5.75 Å². The highest BCUT2D eigenvalue weighted by molar-refractivity contribution is 8.00. The molecule has 170 valence electrons. The molecule has 1 heterocycles. The Hall–Kier alpha value is -4.09. The van der Waals surface area contributed by atoms with Crippen molar-refractivity contribution in [3.05, 3.63) is 130 Å². The van der Waals surface area contributed by atoms with Crippen LogP contribution in [0.4, 0.5) is 5.69 Å². The molecule has 4 nitrogen and oxygen atoms in total. The number of hydrogen-bond acceptors (Lipinski definition) is 5. The molecule has 0 saturated heterocycles. The van der Waals surface area contributed by atoms with Gasteiger partial charge < -0.3 is 10.1 Å². The van der Waals surface area contributed by atoms with E-state index in [9.17, 15) is 9.59 Å². The van der Waals surface area contributed by atoms with E-state index in [1.165, 1.54) is 0 Å². The zero-order chi connectivity index (χ0) is 23.9. The van der Waals surface area contributed by atoms with Crippen LogP contribution in [0.1, 0.15) is 42.7 Å². The molecule has 1 aliphatic carbocycles. The van der Waals surface area contributed by atoms with E-state index in [4.69, 9.17) is 4.74 Å². The van der Waals surface area contributed by atoms with Crippen LogP contribution in [-0.2, 0) is 0 Å². The van der Waals surface area contributed by atoms with Crippen molar-refractivity contribution in [3.63, 3.8) is 0 Å². The van der Waals surface area contributed by atoms with Crippen molar-refractivity contribution in [2.75, 3.05) is 5.32 Å². The minimum absolute atomic E-state index is 0.0448. The summed E-state index contributed by atoms with van der Waals surface area (Å²) >= 11 is 1.65. The lowest BCUT2D eigenvalue weighted by atomic mass is 10.0. The number of rotatable bonds is 3. The molecular weight excluding hydrogens is 454 g/mol. The molecule has 6 rings (SSSR count). The van der Waals surface area contributed by atoms with Gasteiger partial charge in [0.1, 0.15) is 5.75 Å². The molecule has 0 spiro atoms. The van der Waals surface area contributed by atoms with Crippen molar-refractivity contribution in [1.29, 1.82) is 0 Å². The molecule has 0 unspecified atom stereocenters. The first-order valence-corrected chi connectivity index (χ1v) is 12.3. The summed E-state index contributed by atoms with van der Waals surface area (Å²) < 4.78 is 5.60. The molecule has 0 fully saturated rings. The predicted octanol–water partition coefficient (Wildman–Crippen LogP) is 7.08. The Balaban J connectivity index is 1.36. The molecule has 0 aromatic heterocycles. The molecular formula is C30H21NO3S. The number of carbonyl (C=O) groups excluding carboxylic acids is 2. The Kier molecular flexibility index (Phi) is 5.27. The van der Waals surface area contributed by atoms with Gasteiger partial charge in [-0.1, -0.05) is 66.2 Å². The number of hydrogen-bond donors (Lipinski definition) is 1. The number of para-hydroxylation sites is 1. The van der Waals surface area contributed by atoms with E-state index in [1.54, 1.807) is 36.0 Å². The molecule has 0 bridgehead atoms. The van der Waals surface area contributed by atoms with Gasteiger partial charge in [-0.15, -0.1) is 11.8 Å². The maximum atomic E-state index is 13.5. The second-order valence-electron chi connectivity index (χ2n) is 8.61. The highest BCUT2D eigenvalue weighted by Gasteiger charge is 2.38. The van der Waals surface area contributed by atoms with Crippen LogP contribution in [0.3, 0.4) is 0 Å². The van der Waals surface area contributed by atoms with Crippen LogP contribution in [0.15, 0.2) is 108 Å². The van der Waals surface area contributed by atoms with Crippen LogP contribution in [0.2, 0.25) is 0 Å². The number of ether oxygens (including phenoxy) is 1. The average molecular weight is 476 g/mol. The third kappa shape index (κ3) is 3.84. The van der Waals surface area contributed by atoms with Crippen molar-refractivity contribution in [2.45, 2.75) is 17.1 Å². The fourth-order valence-corrected chi connectivity index (χ4v) is 5.86. The summed E-state index contributed by atoms with van der Waals surface area (Å²) in [6.07, 6.45) is 0. The van der Waals surface area contributed by atoms with Gasteiger partial charge in [0.15, 0.2) is 5.78 Å². The van der Waals surface area contributed by atoms with E-state index in [0.29, 0.717) is 11.3 Å². The van der Waals surface area contributed by atoms with Gasteiger partial charge in [-0.2, -0.15) is 0 Å². The number of aryl methyl sites for hydroxylation is 1. The van der Waals surface area contributed by atoms with Crippen LogP contribution in [0, 0.1) is 6.92 Å². The van der Waals surface area contributed by atoms with E-state index in [1.807, 2.05) is 73.7 Å². The van der Waals surface area contributed by atoms with Crippen molar-refractivity contribution in [1.82, 2.24) is 0 Å². The number of ketones is 1. The second kappa shape index (κ2) is 8.60. The van der Waals surface area contributed by atoms with Crippen LogP contribution in [-0.4, -0.2) is 11.8 Å². The number of fused-ring (bicyclic) bond motifs is 3. The van der Waals surface area contributed by atoms with Gasteiger partial charge in [0, 0.05) is 21.6 Å². The van der Waals surface area contributed by atoms with E-state index in [-0.39, 0.29) is 11.0 Å². The van der Waals surface area contributed by atoms with Gasteiger partial charge >= 0.3 is 5.97 Å². The normalized spacial score (nSPS) is 16.0. The molecule has 1 N–H and O–H groups in total. The number of anilines is 1. The third-order valence-electron chi connectivity index (χ3n) is 6.26. The summed E-state index contributed by atoms with van der Waals surface area (Å²) in [4.78, 5) is 27.2. The molecule has 35 heavy (non-hydrogen) atoms. The maximum Gasteiger partial charge on any atom is 0.343 e. The van der Waals surface area contributed by atoms with Gasteiger partial charge in [0.2, 0.25) is 0 Å². The largest absolute Gasteiger partial charge is 0.423 e. The van der Waals surface area contributed by atoms with Gasteiger partial charge in [0.05, 0.1) is 22.2 Å². The van der Waals surface area contributed by atoms with Crippen molar-refractivity contribution >= 4 is 34.9 Å². The van der Waals surface area contributed by atoms with Crippen LogP contribution >= 0.6 is 11.8 Å². The number of thioether (sulfide) groups is 1. The van der Waals surface area contributed by atoms with Crippen molar-refractivity contribution < 1.29 is 14.3 Å². The van der Waals surface area contributed by atoms with Gasteiger partial charge in [-0.25, -0.2) is 4.79 Å². The van der Waals surface area contributed by atoms with Crippen LogP contribution < -0.4 is 10.1 Å². The highest BCUT2D eigenvalue weighted by atomic mass is 32.2. The number of esters is 1. The average Bonchev–Trinajstić information content (AvgIpc) is 3.04. The molecule has 0 radical (unpaired) electrons. The molecule has 4 aromatic rings. The first-order chi connectivity index (χ1) is 17.1. The lowest BCUT2D eigenvalue weighted by Crippen LogP contribution is -2.09. The van der Waals surface area contributed by atoms with E-state index >= 15 is 0 Å². The highest BCUT2D eigenvalue weighted by Crippen LogP contribution is 2.52. The van der Waals surface area contributed by atoms with Crippen molar-refractivity contribution in [2.24, 2.45) is 0 Å². The molecule has 1 atom stereocenters. The summed E-state index contributed by atoms with van der Waals surface area (Å²) in [6, 6.07) is 30.6. The quantitative estimate of drug-likeness (QED) is 0.253. The summed E-state index contributed by atoms with van der Waals surface area (Å²) in [6.45, 7) is 1.94. The number of nitrogens with one attached hydrogen (secondary N) is 1.